The Balaban J connectivity index is 2.40. The molecule has 0 spiro atoms. The summed E-state index contributed by atoms with van der Waals surface area (Å²) in [7, 11) is 0.760. The molecule has 0 amide bonds. The van der Waals surface area contributed by atoms with E-state index < -0.39 is 0 Å². The summed E-state index contributed by atoms with van der Waals surface area (Å²) in [5.41, 5.74) is 0.346. The van der Waals surface area contributed by atoms with Crippen molar-refractivity contribution in [1.82, 2.24) is 10.2 Å². The molecule has 0 aromatic carbocycles. The Kier molecular flexibility index (Phi) is 1.33. The zero-order valence-corrected chi connectivity index (χ0v) is 5.71. The lowest BCUT2D eigenvalue weighted by atomic mass is 10.1. The van der Waals surface area contributed by atoms with E-state index in [2.05, 4.69) is 24.0 Å². The Labute approximate surface area is 46.0 Å². The molecule has 1 saturated heterocycles. The van der Waals surface area contributed by atoms with Crippen molar-refractivity contribution in [2.24, 2.45) is 0 Å². The normalized spacial score (nSPS) is 31.7. The van der Waals surface area contributed by atoms with Crippen LogP contribution in [0, 0.1) is 0 Å². The van der Waals surface area contributed by atoms with Crippen LogP contribution in [0.15, 0.2) is 0 Å². The highest BCUT2D eigenvalue weighted by Gasteiger charge is 2.20. The minimum absolute atomic E-state index is 0.346. The van der Waals surface area contributed by atoms with Gasteiger partial charge in [-0.15, -0.1) is 0 Å². The molecule has 1 unspecified atom stereocenters. The molecule has 1 aliphatic rings. The van der Waals surface area contributed by atoms with E-state index in [1.54, 1.807) is 0 Å². The van der Waals surface area contributed by atoms with Gasteiger partial charge in [0.2, 0.25) is 0 Å². The Hall–Kier alpha value is 0.350. The minimum atomic E-state index is 0.346. The molecule has 0 radical (unpaired) electrons. The van der Waals surface area contributed by atoms with Crippen molar-refractivity contribution in [2.45, 2.75) is 19.4 Å². The van der Waals surface area contributed by atoms with Gasteiger partial charge in [0.05, 0.1) is 0 Å². The van der Waals surface area contributed by atoms with Gasteiger partial charge in [-0.3, -0.25) is 10.2 Å². The van der Waals surface area contributed by atoms with Crippen LogP contribution in [-0.2, 0) is 0 Å². The van der Waals surface area contributed by atoms with Crippen LogP contribution in [0.1, 0.15) is 13.8 Å². The van der Waals surface area contributed by atoms with E-state index in [9.17, 15) is 0 Å². The van der Waals surface area contributed by atoms with E-state index in [1.807, 2.05) is 0 Å². The van der Waals surface area contributed by atoms with Crippen molar-refractivity contribution in [2.75, 3.05) is 6.54 Å². The molecular weight excluding hydrogens is 107 g/mol. The van der Waals surface area contributed by atoms with Crippen LogP contribution in [0.25, 0.3) is 0 Å². The third kappa shape index (κ3) is 1.37. The first-order valence-corrected chi connectivity index (χ1v) is 3.46. The van der Waals surface area contributed by atoms with Crippen molar-refractivity contribution in [3.05, 3.63) is 0 Å². The molecular formula is C4H11N2P. The molecule has 0 saturated carbocycles. The maximum atomic E-state index is 3.31. The van der Waals surface area contributed by atoms with E-state index >= 15 is 0 Å². The third-order valence-corrected chi connectivity index (χ3v) is 2.17. The first kappa shape index (κ1) is 5.49. The van der Waals surface area contributed by atoms with E-state index in [-0.39, 0.29) is 0 Å². The highest BCUT2D eigenvalue weighted by molar-refractivity contribution is 7.33. The third-order valence-electron chi connectivity index (χ3n) is 1.02. The second-order valence-electron chi connectivity index (χ2n) is 2.49. The molecule has 0 aromatic heterocycles. The van der Waals surface area contributed by atoms with Gasteiger partial charge in [0, 0.05) is 21.0 Å². The van der Waals surface area contributed by atoms with E-state index in [0.717, 1.165) is 15.4 Å². The summed E-state index contributed by atoms with van der Waals surface area (Å²) in [5, 5.41) is 6.54. The average Bonchev–Trinajstić information content (AvgIpc) is 1.84. The van der Waals surface area contributed by atoms with Gasteiger partial charge in [-0.2, -0.15) is 0 Å². The van der Waals surface area contributed by atoms with Gasteiger partial charge < -0.3 is 0 Å². The monoisotopic (exact) mass is 118 g/mol. The van der Waals surface area contributed by atoms with Crippen molar-refractivity contribution >= 4 is 8.88 Å². The number of hydrogen-bond acceptors (Lipinski definition) is 2. The Bertz CT molecular complexity index is 64.1. The largest absolute Gasteiger partial charge is 0.284 e. The van der Waals surface area contributed by atoms with Gasteiger partial charge >= 0.3 is 0 Å². The summed E-state index contributed by atoms with van der Waals surface area (Å²) in [6.07, 6.45) is 0. The zero-order chi connectivity index (χ0) is 5.33. The smallest absolute Gasteiger partial charge is 0.0298 e. The molecule has 1 heterocycles. The standard InChI is InChI=1S/C4H11N2P/c1-4(2)3-5-7-6-4/h5-7H,3H2,1-2H3. The minimum Gasteiger partial charge on any atom is -0.284 e. The van der Waals surface area contributed by atoms with Crippen LogP contribution in [0.2, 0.25) is 0 Å². The molecule has 0 bridgehead atoms. The first-order chi connectivity index (χ1) is 3.21. The zero-order valence-electron chi connectivity index (χ0n) is 4.71. The van der Waals surface area contributed by atoms with Crippen molar-refractivity contribution in [3.8, 4) is 0 Å². The topological polar surface area (TPSA) is 24.1 Å². The van der Waals surface area contributed by atoms with Crippen LogP contribution in [0.3, 0.4) is 0 Å². The predicted molar refractivity (Wildman–Crippen MR) is 33.5 cm³/mol. The van der Waals surface area contributed by atoms with Gasteiger partial charge in [0.15, 0.2) is 0 Å². The number of hydrogen-bond donors (Lipinski definition) is 2. The van der Waals surface area contributed by atoms with Crippen molar-refractivity contribution in [3.63, 3.8) is 0 Å². The maximum Gasteiger partial charge on any atom is 0.0298 e. The Morgan fingerprint density at radius 1 is 1.57 bits per heavy atom. The molecule has 42 valence electrons. The number of nitrogens with one attached hydrogen (secondary N) is 2. The quantitative estimate of drug-likeness (QED) is 0.452. The van der Waals surface area contributed by atoms with Crippen LogP contribution in [-0.4, -0.2) is 12.1 Å². The van der Waals surface area contributed by atoms with Crippen LogP contribution >= 0.6 is 8.88 Å². The Morgan fingerprint density at radius 3 is 2.43 bits per heavy atom. The highest BCUT2D eigenvalue weighted by atomic mass is 31.1. The first-order valence-electron chi connectivity index (χ1n) is 2.46. The lowest BCUT2D eigenvalue weighted by Crippen LogP contribution is -2.32. The van der Waals surface area contributed by atoms with E-state index in [4.69, 9.17) is 0 Å². The summed E-state index contributed by atoms with van der Waals surface area (Å²) in [6, 6.07) is 0. The summed E-state index contributed by atoms with van der Waals surface area (Å²) >= 11 is 0. The second-order valence-corrected chi connectivity index (χ2v) is 3.34. The fourth-order valence-corrected chi connectivity index (χ4v) is 1.57. The van der Waals surface area contributed by atoms with Gasteiger partial charge in [-0.25, -0.2) is 0 Å². The maximum absolute atomic E-state index is 3.31. The molecule has 1 rings (SSSR count). The number of rotatable bonds is 0. The molecule has 2 N–H and O–H groups in total. The molecule has 1 aliphatic heterocycles. The van der Waals surface area contributed by atoms with Gasteiger partial charge in [0.1, 0.15) is 0 Å². The fourth-order valence-electron chi connectivity index (χ4n) is 0.523. The summed E-state index contributed by atoms with van der Waals surface area (Å²) in [5.74, 6) is 0. The van der Waals surface area contributed by atoms with Gasteiger partial charge in [-0.1, -0.05) is 0 Å². The van der Waals surface area contributed by atoms with Crippen LogP contribution < -0.4 is 10.2 Å². The van der Waals surface area contributed by atoms with E-state index in [1.165, 1.54) is 0 Å². The van der Waals surface area contributed by atoms with E-state index in [0.29, 0.717) is 5.54 Å². The lowest BCUT2D eigenvalue weighted by molar-refractivity contribution is 0.510. The molecule has 7 heavy (non-hydrogen) atoms. The lowest BCUT2D eigenvalue weighted by Gasteiger charge is -2.13. The van der Waals surface area contributed by atoms with Gasteiger partial charge in [0.25, 0.3) is 0 Å². The second kappa shape index (κ2) is 1.70. The van der Waals surface area contributed by atoms with Crippen LogP contribution in [0.4, 0.5) is 0 Å². The average molecular weight is 118 g/mol. The molecule has 1 fully saturated rings. The van der Waals surface area contributed by atoms with Gasteiger partial charge in [-0.05, 0) is 13.8 Å². The Morgan fingerprint density at radius 2 is 2.29 bits per heavy atom. The van der Waals surface area contributed by atoms with Crippen molar-refractivity contribution in [1.29, 1.82) is 0 Å². The molecule has 0 aromatic rings. The van der Waals surface area contributed by atoms with Crippen LogP contribution in [0.5, 0.6) is 0 Å². The summed E-state index contributed by atoms with van der Waals surface area (Å²) in [4.78, 5) is 0. The predicted octanol–water partition coefficient (Wildman–Crippen LogP) is 0.466. The molecule has 1 atom stereocenters. The fraction of sp³-hybridized carbons (Fsp3) is 1.00. The molecule has 3 heteroatoms. The van der Waals surface area contributed by atoms with Crippen molar-refractivity contribution < 1.29 is 0 Å². The molecule has 2 nitrogen and oxygen atoms in total. The SMILES string of the molecule is CC1(C)CNPN1. The summed E-state index contributed by atoms with van der Waals surface area (Å²) in [6.45, 7) is 5.49. The summed E-state index contributed by atoms with van der Waals surface area (Å²) < 4.78 is 0. The molecule has 0 aliphatic carbocycles. The highest BCUT2D eigenvalue weighted by Crippen LogP contribution is 2.16.